The molecule has 0 aliphatic carbocycles. The lowest BCUT2D eigenvalue weighted by atomic mass is 10.0. The molecular formula is C19H29N3O3. The van der Waals surface area contributed by atoms with Crippen molar-refractivity contribution in [2.75, 3.05) is 25.0 Å². The summed E-state index contributed by atoms with van der Waals surface area (Å²) in [4.78, 5) is 28.1. The fourth-order valence-corrected chi connectivity index (χ4v) is 2.79. The third-order valence-electron chi connectivity index (χ3n) is 4.70. The Balaban J connectivity index is 1.93. The highest BCUT2D eigenvalue weighted by Crippen LogP contribution is 2.33. The number of para-hydroxylation sites is 2. The highest BCUT2D eigenvalue weighted by atomic mass is 16.5. The number of carbonyl (C=O) groups excluding carboxylic acids is 2. The van der Waals surface area contributed by atoms with Crippen molar-refractivity contribution in [2.24, 2.45) is 11.7 Å². The number of ether oxygens (including phenoxy) is 1. The van der Waals surface area contributed by atoms with Crippen LogP contribution in [0.15, 0.2) is 24.3 Å². The van der Waals surface area contributed by atoms with E-state index < -0.39 is 6.10 Å². The number of anilines is 1. The first kappa shape index (κ1) is 19.2. The fourth-order valence-electron chi connectivity index (χ4n) is 2.79. The average Bonchev–Trinajstić information content (AvgIpc) is 2.59. The summed E-state index contributed by atoms with van der Waals surface area (Å²) >= 11 is 0. The van der Waals surface area contributed by atoms with E-state index in [0.29, 0.717) is 24.8 Å². The molecule has 0 bridgehead atoms. The first-order chi connectivity index (χ1) is 11.8. The zero-order chi connectivity index (χ0) is 18.6. The molecule has 1 heterocycles. The second kappa shape index (κ2) is 8.34. The normalized spacial score (nSPS) is 17.9. The minimum absolute atomic E-state index is 0.0142. The van der Waals surface area contributed by atoms with E-state index in [1.165, 1.54) is 0 Å². The molecule has 0 saturated carbocycles. The number of hydrogen-bond acceptors (Lipinski definition) is 4. The SMILES string of the molecule is CC1Oc2ccccc2N(CCC(=O)N(C)CCC(N)C(C)C)C1=O. The van der Waals surface area contributed by atoms with E-state index in [2.05, 4.69) is 13.8 Å². The van der Waals surface area contributed by atoms with Crippen LogP contribution in [0.25, 0.3) is 0 Å². The molecule has 1 aliphatic rings. The molecule has 2 unspecified atom stereocenters. The van der Waals surface area contributed by atoms with Crippen LogP contribution >= 0.6 is 0 Å². The van der Waals surface area contributed by atoms with Crippen LogP contribution in [0.5, 0.6) is 5.75 Å². The monoisotopic (exact) mass is 347 g/mol. The summed E-state index contributed by atoms with van der Waals surface area (Å²) < 4.78 is 5.62. The Morgan fingerprint density at radius 2 is 2.04 bits per heavy atom. The maximum absolute atomic E-state index is 12.4. The number of fused-ring (bicyclic) bond motifs is 1. The molecule has 2 N–H and O–H groups in total. The van der Waals surface area contributed by atoms with Gasteiger partial charge >= 0.3 is 0 Å². The van der Waals surface area contributed by atoms with Gasteiger partial charge in [-0.05, 0) is 31.4 Å². The van der Waals surface area contributed by atoms with Gasteiger partial charge in [0.1, 0.15) is 5.75 Å². The quantitative estimate of drug-likeness (QED) is 0.819. The van der Waals surface area contributed by atoms with Crippen molar-refractivity contribution < 1.29 is 14.3 Å². The van der Waals surface area contributed by atoms with Gasteiger partial charge in [0.05, 0.1) is 5.69 Å². The largest absolute Gasteiger partial charge is 0.479 e. The molecule has 1 aromatic rings. The van der Waals surface area contributed by atoms with Crippen LogP contribution in [0.4, 0.5) is 5.69 Å². The molecule has 0 radical (unpaired) electrons. The number of nitrogens with zero attached hydrogens (tertiary/aromatic N) is 2. The van der Waals surface area contributed by atoms with E-state index in [-0.39, 0.29) is 24.3 Å². The lowest BCUT2D eigenvalue weighted by molar-refractivity contribution is -0.130. The molecule has 2 atom stereocenters. The third kappa shape index (κ3) is 4.72. The lowest BCUT2D eigenvalue weighted by Gasteiger charge is -2.33. The number of rotatable bonds is 7. The van der Waals surface area contributed by atoms with Crippen molar-refractivity contribution in [3.8, 4) is 5.75 Å². The molecule has 0 spiro atoms. The van der Waals surface area contributed by atoms with Crippen LogP contribution in [0.2, 0.25) is 0 Å². The van der Waals surface area contributed by atoms with E-state index in [4.69, 9.17) is 10.5 Å². The molecule has 1 aliphatic heterocycles. The van der Waals surface area contributed by atoms with E-state index >= 15 is 0 Å². The van der Waals surface area contributed by atoms with Crippen molar-refractivity contribution in [2.45, 2.75) is 45.8 Å². The fraction of sp³-hybridized carbons (Fsp3) is 0.579. The van der Waals surface area contributed by atoms with Crippen molar-refractivity contribution in [3.05, 3.63) is 24.3 Å². The van der Waals surface area contributed by atoms with Crippen molar-refractivity contribution >= 4 is 17.5 Å². The molecule has 2 rings (SSSR count). The van der Waals surface area contributed by atoms with E-state index in [1.54, 1.807) is 23.8 Å². The van der Waals surface area contributed by atoms with Crippen molar-refractivity contribution in [1.82, 2.24) is 4.90 Å². The summed E-state index contributed by atoms with van der Waals surface area (Å²) in [5, 5.41) is 0. The maximum atomic E-state index is 12.4. The Morgan fingerprint density at radius 1 is 1.36 bits per heavy atom. The predicted molar refractivity (Wildman–Crippen MR) is 98.6 cm³/mol. The summed E-state index contributed by atoms with van der Waals surface area (Å²) in [5.41, 5.74) is 6.76. The highest BCUT2D eigenvalue weighted by Gasteiger charge is 2.31. The van der Waals surface area contributed by atoms with E-state index in [0.717, 1.165) is 12.1 Å². The van der Waals surface area contributed by atoms with Gasteiger partial charge < -0.3 is 20.3 Å². The van der Waals surface area contributed by atoms with Crippen LogP contribution in [0, 0.1) is 5.92 Å². The van der Waals surface area contributed by atoms with Crippen LogP contribution in [-0.2, 0) is 9.59 Å². The number of nitrogens with two attached hydrogens (primary N) is 1. The van der Waals surface area contributed by atoms with Gasteiger partial charge in [-0.1, -0.05) is 26.0 Å². The standard InChI is InChI=1S/C19H29N3O3/c1-13(2)15(20)9-11-21(4)18(23)10-12-22-16-7-5-6-8-17(16)25-14(3)19(22)24/h5-8,13-15H,9-12,20H2,1-4H3. The van der Waals surface area contributed by atoms with Crippen LogP contribution < -0.4 is 15.4 Å². The van der Waals surface area contributed by atoms with E-state index in [1.807, 2.05) is 24.3 Å². The van der Waals surface area contributed by atoms with Gasteiger partial charge in [-0.3, -0.25) is 9.59 Å². The number of hydrogen-bond donors (Lipinski definition) is 1. The molecule has 1 aromatic carbocycles. The van der Waals surface area contributed by atoms with Gasteiger partial charge in [-0.25, -0.2) is 0 Å². The third-order valence-corrected chi connectivity index (χ3v) is 4.70. The Kier molecular flexibility index (Phi) is 6.42. The van der Waals surface area contributed by atoms with Crippen molar-refractivity contribution in [1.29, 1.82) is 0 Å². The molecule has 2 amide bonds. The van der Waals surface area contributed by atoms with Gasteiger partial charge in [0, 0.05) is 32.6 Å². The van der Waals surface area contributed by atoms with Crippen LogP contribution in [0.1, 0.15) is 33.6 Å². The van der Waals surface area contributed by atoms with Gasteiger partial charge in [0.15, 0.2) is 6.10 Å². The van der Waals surface area contributed by atoms with Crippen LogP contribution in [-0.4, -0.2) is 49.0 Å². The number of amides is 2. The Hall–Kier alpha value is -2.08. The Labute approximate surface area is 149 Å². The second-order valence-corrected chi connectivity index (χ2v) is 6.98. The molecular weight excluding hydrogens is 318 g/mol. The maximum Gasteiger partial charge on any atom is 0.267 e. The summed E-state index contributed by atoms with van der Waals surface area (Å²) in [5.74, 6) is 0.974. The Bertz CT molecular complexity index is 618. The molecule has 0 fully saturated rings. The minimum atomic E-state index is -0.535. The molecule has 138 valence electrons. The first-order valence-corrected chi connectivity index (χ1v) is 8.88. The van der Waals surface area contributed by atoms with Gasteiger partial charge in [0.25, 0.3) is 5.91 Å². The summed E-state index contributed by atoms with van der Waals surface area (Å²) in [6.07, 6.45) is 0.517. The van der Waals surface area contributed by atoms with E-state index in [9.17, 15) is 9.59 Å². The van der Waals surface area contributed by atoms with Gasteiger partial charge in [-0.2, -0.15) is 0 Å². The topological polar surface area (TPSA) is 75.9 Å². The average molecular weight is 347 g/mol. The number of benzene rings is 1. The first-order valence-electron chi connectivity index (χ1n) is 8.88. The smallest absolute Gasteiger partial charge is 0.267 e. The highest BCUT2D eigenvalue weighted by molar-refractivity contribution is 6.00. The van der Waals surface area contributed by atoms with Gasteiger partial charge in [-0.15, -0.1) is 0 Å². The van der Waals surface area contributed by atoms with Gasteiger partial charge in [0.2, 0.25) is 5.91 Å². The molecule has 25 heavy (non-hydrogen) atoms. The lowest BCUT2D eigenvalue weighted by Crippen LogP contribution is -2.46. The van der Waals surface area contributed by atoms with Crippen molar-refractivity contribution in [3.63, 3.8) is 0 Å². The molecule has 6 nitrogen and oxygen atoms in total. The minimum Gasteiger partial charge on any atom is -0.479 e. The zero-order valence-electron chi connectivity index (χ0n) is 15.6. The van der Waals surface area contributed by atoms with Crippen LogP contribution in [0.3, 0.4) is 0 Å². The predicted octanol–water partition coefficient (Wildman–Crippen LogP) is 2.02. The second-order valence-electron chi connectivity index (χ2n) is 6.98. The summed E-state index contributed by atoms with van der Waals surface area (Å²) in [7, 11) is 1.78. The summed E-state index contributed by atoms with van der Waals surface area (Å²) in [6.45, 7) is 6.86. The summed E-state index contributed by atoms with van der Waals surface area (Å²) in [6, 6.07) is 7.50. The zero-order valence-corrected chi connectivity index (χ0v) is 15.6. The molecule has 0 saturated heterocycles. The Morgan fingerprint density at radius 3 is 2.72 bits per heavy atom. The number of carbonyl (C=O) groups is 2. The molecule has 6 heteroatoms. The molecule has 0 aromatic heterocycles.